The quantitative estimate of drug-likeness (QED) is 0.672. The third-order valence-corrected chi connectivity index (χ3v) is 1.35. The Balaban J connectivity index is 3.67. The predicted molar refractivity (Wildman–Crippen MR) is 46.2 cm³/mol. The van der Waals surface area contributed by atoms with Crippen molar-refractivity contribution in [3.8, 4) is 0 Å². The lowest BCUT2D eigenvalue weighted by molar-refractivity contribution is -0.202. The summed E-state index contributed by atoms with van der Waals surface area (Å²) in [6, 6.07) is 0. The summed E-state index contributed by atoms with van der Waals surface area (Å²) in [7, 11) is 0. The summed E-state index contributed by atoms with van der Waals surface area (Å²) in [5.74, 6) is -0.653. The van der Waals surface area contributed by atoms with Crippen LogP contribution in [0, 0.1) is 0 Å². The van der Waals surface area contributed by atoms with E-state index in [0.717, 1.165) is 0 Å². The van der Waals surface area contributed by atoms with E-state index in [-0.39, 0.29) is 12.6 Å². The number of alkyl halides is 3. The maximum atomic E-state index is 11.8. The van der Waals surface area contributed by atoms with Crippen LogP contribution in [0.1, 0.15) is 13.8 Å². The van der Waals surface area contributed by atoms with Gasteiger partial charge in [0.25, 0.3) is 0 Å². The first-order chi connectivity index (χ1) is 6.73. The van der Waals surface area contributed by atoms with E-state index in [4.69, 9.17) is 5.11 Å². The molecule has 0 aromatic carbocycles. The highest BCUT2D eigenvalue weighted by atomic mass is 19.4. The zero-order chi connectivity index (χ0) is 12.1. The van der Waals surface area contributed by atoms with Gasteiger partial charge in [-0.1, -0.05) is 0 Å². The zero-order valence-electron chi connectivity index (χ0n) is 8.47. The first-order valence-electron chi connectivity index (χ1n) is 4.38. The van der Waals surface area contributed by atoms with Crippen LogP contribution in [-0.4, -0.2) is 42.5 Å². The fourth-order valence-electron chi connectivity index (χ4n) is 0.731. The van der Waals surface area contributed by atoms with Gasteiger partial charge in [0.1, 0.15) is 0 Å². The molecule has 0 heterocycles. The summed E-state index contributed by atoms with van der Waals surface area (Å²) in [5.41, 5.74) is 0. The molecule has 0 aliphatic heterocycles. The highest BCUT2D eigenvalue weighted by Crippen LogP contribution is 2.18. The molecule has 0 saturated carbocycles. The number of hydrogen-bond acceptors (Lipinski definition) is 4. The number of halogens is 3. The maximum absolute atomic E-state index is 11.8. The van der Waals surface area contributed by atoms with Gasteiger partial charge in [0, 0.05) is 6.54 Å². The van der Waals surface area contributed by atoms with Crippen molar-refractivity contribution >= 4 is 5.97 Å². The van der Waals surface area contributed by atoms with E-state index in [1.54, 1.807) is 13.8 Å². The van der Waals surface area contributed by atoms with Crippen molar-refractivity contribution in [1.82, 2.24) is 5.32 Å². The highest BCUT2D eigenvalue weighted by Gasteiger charge is 2.37. The largest absolute Gasteiger partial charge is 0.462 e. The van der Waals surface area contributed by atoms with Crippen molar-refractivity contribution in [1.29, 1.82) is 0 Å². The van der Waals surface area contributed by atoms with E-state index in [1.807, 2.05) is 0 Å². The van der Waals surface area contributed by atoms with Gasteiger partial charge in [-0.2, -0.15) is 13.2 Å². The molecule has 0 bridgehead atoms. The first-order valence-corrected chi connectivity index (χ1v) is 4.38. The lowest BCUT2D eigenvalue weighted by atomic mass is 10.3. The third kappa shape index (κ3) is 7.15. The van der Waals surface area contributed by atoms with Gasteiger partial charge in [0.05, 0.1) is 12.6 Å². The second kappa shape index (κ2) is 5.92. The molecule has 0 aromatic heterocycles. The number of ether oxygens (including phenoxy) is 1. The number of rotatable bonds is 5. The average molecular weight is 229 g/mol. The van der Waals surface area contributed by atoms with Crippen molar-refractivity contribution < 1.29 is 27.8 Å². The third-order valence-electron chi connectivity index (χ3n) is 1.35. The van der Waals surface area contributed by atoms with Crippen molar-refractivity contribution in [3.05, 3.63) is 0 Å². The number of carbonyl (C=O) groups excluding carboxylic acids is 1. The molecular weight excluding hydrogens is 215 g/mol. The summed E-state index contributed by atoms with van der Waals surface area (Å²) < 4.78 is 40.0. The topological polar surface area (TPSA) is 58.6 Å². The highest BCUT2D eigenvalue weighted by molar-refractivity contribution is 5.71. The fourth-order valence-corrected chi connectivity index (χ4v) is 0.731. The molecule has 15 heavy (non-hydrogen) atoms. The van der Waals surface area contributed by atoms with Crippen LogP contribution < -0.4 is 5.32 Å². The summed E-state index contributed by atoms with van der Waals surface area (Å²) >= 11 is 0. The van der Waals surface area contributed by atoms with Crippen LogP contribution in [-0.2, 0) is 9.53 Å². The molecule has 0 aliphatic carbocycles. The Bertz CT molecular complexity index is 206. The molecule has 4 nitrogen and oxygen atoms in total. The predicted octanol–water partition coefficient (Wildman–Crippen LogP) is 0.451. The van der Waals surface area contributed by atoms with Crippen molar-refractivity contribution in [2.24, 2.45) is 0 Å². The van der Waals surface area contributed by atoms with Crippen LogP contribution in [0.3, 0.4) is 0 Å². The normalized spacial score (nSPS) is 14.1. The van der Waals surface area contributed by atoms with E-state index in [2.05, 4.69) is 10.1 Å². The molecule has 1 unspecified atom stereocenters. The number of hydrogen-bond donors (Lipinski definition) is 2. The van der Waals surface area contributed by atoms with E-state index in [0.29, 0.717) is 0 Å². The molecule has 0 saturated heterocycles. The van der Waals surface area contributed by atoms with E-state index >= 15 is 0 Å². The second-order valence-corrected chi connectivity index (χ2v) is 3.23. The summed E-state index contributed by atoms with van der Waals surface area (Å²) in [6.07, 6.45) is -7.45. The van der Waals surface area contributed by atoms with Crippen LogP contribution >= 0.6 is 0 Å². The molecule has 0 radical (unpaired) electrons. The molecule has 0 aliphatic rings. The van der Waals surface area contributed by atoms with E-state index in [1.165, 1.54) is 0 Å². The molecule has 0 amide bonds. The van der Waals surface area contributed by atoms with Gasteiger partial charge in [-0.25, -0.2) is 0 Å². The Morgan fingerprint density at radius 1 is 1.47 bits per heavy atom. The lowest BCUT2D eigenvalue weighted by Crippen LogP contribution is -2.40. The molecule has 0 aromatic rings. The number of aliphatic hydroxyl groups is 1. The number of carbonyl (C=O) groups is 1. The van der Waals surface area contributed by atoms with Crippen LogP contribution in [0.25, 0.3) is 0 Å². The van der Waals surface area contributed by atoms with Crippen molar-refractivity contribution in [3.63, 3.8) is 0 Å². The van der Waals surface area contributed by atoms with Crippen molar-refractivity contribution in [2.75, 3.05) is 13.1 Å². The van der Waals surface area contributed by atoms with E-state index < -0.39 is 24.8 Å². The SMILES string of the molecule is CC(C)OC(=O)CNCC(O)C(F)(F)F. The summed E-state index contributed by atoms with van der Waals surface area (Å²) in [4.78, 5) is 10.8. The monoisotopic (exact) mass is 229 g/mol. The number of aliphatic hydroxyl groups excluding tert-OH is 1. The summed E-state index contributed by atoms with van der Waals surface area (Å²) in [6.45, 7) is 2.17. The average Bonchev–Trinajstić information content (AvgIpc) is 2.00. The van der Waals surface area contributed by atoms with Gasteiger partial charge in [0.2, 0.25) is 0 Å². The standard InChI is InChI=1S/C8H14F3NO3/c1-5(2)15-7(14)4-12-3-6(13)8(9,10)11/h5-6,12-13H,3-4H2,1-2H3. The van der Waals surface area contributed by atoms with Gasteiger partial charge in [0.15, 0.2) is 6.10 Å². The zero-order valence-corrected chi connectivity index (χ0v) is 8.47. The Morgan fingerprint density at radius 3 is 2.40 bits per heavy atom. The van der Waals surface area contributed by atoms with Crippen LogP contribution in [0.5, 0.6) is 0 Å². The summed E-state index contributed by atoms with van der Waals surface area (Å²) in [5, 5.41) is 10.7. The fraction of sp³-hybridized carbons (Fsp3) is 0.875. The molecular formula is C8H14F3NO3. The lowest BCUT2D eigenvalue weighted by Gasteiger charge is -2.15. The minimum Gasteiger partial charge on any atom is -0.462 e. The van der Waals surface area contributed by atoms with Gasteiger partial charge in [-0.05, 0) is 13.8 Å². The molecule has 0 fully saturated rings. The molecule has 1 atom stereocenters. The van der Waals surface area contributed by atoms with Crippen LogP contribution in [0.15, 0.2) is 0 Å². The van der Waals surface area contributed by atoms with Gasteiger partial charge >= 0.3 is 12.1 Å². The maximum Gasteiger partial charge on any atom is 0.415 e. The molecule has 0 spiro atoms. The van der Waals surface area contributed by atoms with Crippen molar-refractivity contribution in [2.45, 2.75) is 32.2 Å². The molecule has 7 heteroatoms. The van der Waals surface area contributed by atoms with Crippen LogP contribution in [0.4, 0.5) is 13.2 Å². The van der Waals surface area contributed by atoms with Gasteiger partial charge < -0.3 is 15.2 Å². The Hall–Kier alpha value is -0.820. The number of esters is 1. The molecule has 2 N–H and O–H groups in total. The van der Waals surface area contributed by atoms with Gasteiger partial charge in [-0.3, -0.25) is 4.79 Å². The second-order valence-electron chi connectivity index (χ2n) is 3.23. The molecule has 0 rings (SSSR count). The Morgan fingerprint density at radius 2 is 2.00 bits per heavy atom. The smallest absolute Gasteiger partial charge is 0.415 e. The molecule has 90 valence electrons. The Kier molecular flexibility index (Phi) is 5.59. The van der Waals surface area contributed by atoms with Crippen LogP contribution in [0.2, 0.25) is 0 Å². The minimum atomic E-state index is -4.67. The Labute approximate surface area is 85.4 Å². The number of nitrogens with one attached hydrogen (secondary N) is 1. The van der Waals surface area contributed by atoms with E-state index in [9.17, 15) is 18.0 Å². The minimum absolute atomic E-state index is 0.313. The first kappa shape index (κ1) is 14.2. The van der Waals surface area contributed by atoms with Gasteiger partial charge in [-0.15, -0.1) is 0 Å².